The van der Waals surface area contributed by atoms with E-state index >= 15 is 4.39 Å². The number of imidazole rings is 1. The first kappa shape index (κ1) is 27.3. The van der Waals surface area contributed by atoms with E-state index in [0.29, 0.717) is 40.2 Å². The summed E-state index contributed by atoms with van der Waals surface area (Å²) in [6.07, 6.45) is 3.65. The van der Waals surface area contributed by atoms with Crippen LogP contribution >= 0.6 is 0 Å². The number of phenols is 1. The Labute approximate surface area is 243 Å². The second-order valence-corrected chi connectivity index (χ2v) is 9.56. The van der Waals surface area contributed by atoms with Gasteiger partial charge in [-0.25, -0.2) is 18.7 Å². The minimum absolute atomic E-state index is 0.0850. The van der Waals surface area contributed by atoms with Crippen molar-refractivity contribution in [3.8, 4) is 34.1 Å². The Morgan fingerprint density at radius 2 is 1.81 bits per heavy atom. The Morgan fingerprint density at radius 3 is 2.53 bits per heavy atom. The Morgan fingerprint density at radius 1 is 1.05 bits per heavy atom. The van der Waals surface area contributed by atoms with E-state index in [4.69, 9.17) is 4.74 Å². The number of hydrogen-bond donors (Lipinski definition) is 3. The van der Waals surface area contributed by atoms with Crippen LogP contribution in [0.5, 0.6) is 17.2 Å². The molecule has 0 atom stereocenters. The van der Waals surface area contributed by atoms with Gasteiger partial charge in [-0.3, -0.25) is 14.2 Å². The van der Waals surface area contributed by atoms with Crippen molar-refractivity contribution in [1.29, 1.82) is 0 Å². The van der Waals surface area contributed by atoms with Crippen LogP contribution in [0.3, 0.4) is 0 Å². The number of H-pyrrole nitrogens is 1. The molecule has 0 radical (unpaired) electrons. The highest BCUT2D eigenvalue weighted by molar-refractivity contribution is 6.04. The maximum absolute atomic E-state index is 15.4. The lowest BCUT2D eigenvalue weighted by Crippen LogP contribution is -2.27. The van der Waals surface area contributed by atoms with Gasteiger partial charge >= 0.3 is 0 Å². The fourth-order valence-corrected chi connectivity index (χ4v) is 4.54. The van der Waals surface area contributed by atoms with Crippen molar-refractivity contribution in [2.24, 2.45) is 0 Å². The summed E-state index contributed by atoms with van der Waals surface area (Å²) in [4.78, 5) is 38.1. The molecule has 0 fully saturated rings. The number of benzene rings is 3. The van der Waals surface area contributed by atoms with Gasteiger partial charge in [0.15, 0.2) is 28.5 Å². The molecule has 0 aliphatic heterocycles. The number of aromatic nitrogens is 4. The van der Waals surface area contributed by atoms with Gasteiger partial charge in [-0.1, -0.05) is 19.1 Å². The predicted molar refractivity (Wildman–Crippen MR) is 157 cm³/mol. The number of rotatable bonds is 7. The van der Waals surface area contributed by atoms with E-state index in [2.05, 4.69) is 20.3 Å². The van der Waals surface area contributed by atoms with Crippen LogP contribution in [-0.2, 0) is 6.42 Å². The van der Waals surface area contributed by atoms with Crippen LogP contribution in [0.25, 0.3) is 28.0 Å². The number of ether oxygens (including phenoxy) is 1. The van der Waals surface area contributed by atoms with Gasteiger partial charge in [0.05, 0.1) is 0 Å². The minimum atomic E-state index is -0.776. The molecule has 1 amide bonds. The summed E-state index contributed by atoms with van der Waals surface area (Å²) in [6.45, 7) is 1.93. The normalized spacial score (nSPS) is 11.0. The highest BCUT2D eigenvalue weighted by Crippen LogP contribution is 2.39. The molecule has 0 aliphatic rings. The number of hydrogen-bond acceptors (Lipinski definition) is 6. The fourth-order valence-electron chi connectivity index (χ4n) is 4.54. The van der Waals surface area contributed by atoms with Crippen LogP contribution in [0.1, 0.15) is 23.1 Å². The Kier molecular flexibility index (Phi) is 7.12. The third-order valence-electron chi connectivity index (χ3n) is 6.73. The topological polar surface area (TPSA) is 122 Å². The number of anilines is 1. The number of halogens is 2. The zero-order valence-corrected chi connectivity index (χ0v) is 22.6. The van der Waals surface area contributed by atoms with Crippen molar-refractivity contribution < 1.29 is 23.4 Å². The number of aromatic hydroxyl groups is 1. The molecule has 0 aliphatic carbocycles. The van der Waals surface area contributed by atoms with Crippen molar-refractivity contribution in [2.75, 3.05) is 5.32 Å². The highest BCUT2D eigenvalue weighted by atomic mass is 19.1. The molecule has 6 aromatic rings. The van der Waals surface area contributed by atoms with E-state index < -0.39 is 23.1 Å². The molecule has 214 valence electrons. The lowest BCUT2D eigenvalue weighted by molar-refractivity contribution is 0.102. The van der Waals surface area contributed by atoms with Crippen molar-refractivity contribution in [3.05, 3.63) is 125 Å². The van der Waals surface area contributed by atoms with Gasteiger partial charge in [0, 0.05) is 41.8 Å². The first-order valence-corrected chi connectivity index (χ1v) is 13.2. The summed E-state index contributed by atoms with van der Waals surface area (Å²) < 4.78 is 36.0. The molecule has 9 nitrogen and oxygen atoms in total. The van der Waals surface area contributed by atoms with Gasteiger partial charge in [-0.05, 0) is 66.2 Å². The molecule has 43 heavy (non-hydrogen) atoms. The number of fused-ring (bicyclic) bond motifs is 1. The maximum Gasteiger partial charge on any atom is 0.267 e. The number of amides is 1. The predicted octanol–water partition coefficient (Wildman–Crippen LogP) is 6.37. The van der Waals surface area contributed by atoms with Gasteiger partial charge < -0.3 is 20.1 Å². The first-order valence-electron chi connectivity index (χ1n) is 13.2. The van der Waals surface area contributed by atoms with E-state index in [-0.39, 0.29) is 28.5 Å². The smallest absolute Gasteiger partial charge is 0.267 e. The first-order chi connectivity index (χ1) is 20.8. The van der Waals surface area contributed by atoms with Crippen LogP contribution in [0.2, 0.25) is 0 Å². The Hall–Kier alpha value is -5.84. The van der Waals surface area contributed by atoms with Crippen LogP contribution < -0.4 is 15.6 Å². The monoisotopic (exact) mass is 579 g/mol. The van der Waals surface area contributed by atoms with Crippen molar-refractivity contribution >= 4 is 22.8 Å². The van der Waals surface area contributed by atoms with E-state index in [1.54, 1.807) is 18.3 Å². The second kappa shape index (κ2) is 11.2. The molecule has 0 unspecified atom stereocenters. The zero-order valence-electron chi connectivity index (χ0n) is 22.6. The summed E-state index contributed by atoms with van der Waals surface area (Å²) >= 11 is 0. The number of carbonyl (C=O) groups excluding carboxylic acids is 1. The van der Waals surface area contributed by atoms with Gasteiger partial charge in [0.25, 0.3) is 11.5 Å². The average Bonchev–Trinajstić information content (AvgIpc) is 3.44. The molecule has 3 aromatic carbocycles. The molecular formula is C32H23F2N5O4. The molecule has 6 rings (SSSR count). The number of aryl methyl sites for hydroxylation is 1. The zero-order chi connectivity index (χ0) is 30.1. The van der Waals surface area contributed by atoms with E-state index in [9.17, 15) is 19.1 Å². The molecule has 11 heteroatoms. The average molecular weight is 580 g/mol. The SMILES string of the molecule is CCc1nc2c(Oc3ccc(NC(=O)c4cccn(-c5ccc(F)cc5)c4=O)cc3F)c(-c3ccc(O)cc3)cnc2[nH]1. The number of nitrogens with one attached hydrogen (secondary N) is 2. The maximum atomic E-state index is 15.4. The van der Waals surface area contributed by atoms with Crippen LogP contribution in [0.4, 0.5) is 14.5 Å². The number of pyridine rings is 2. The van der Waals surface area contributed by atoms with E-state index in [1.807, 2.05) is 6.92 Å². The van der Waals surface area contributed by atoms with Crippen LogP contribution in [0.15, 0.2) is 96.1 Å². The summed E-state index contributed by atoms with van der Waals surface area (Å²) in [5.74, 6) is -1.10. The molecule has 0 bridgehead atoms. The largest absolute Gasteiger partial charge is 0.508 e. The van der Waals surface area contributed by atoms with Crippen molar-refractivity contribution in [2.45, 2.75) is 13.3 Å². The third kappa shape index (κ3) is 5.43. The lowest BCUT2D eigenvalue weighted by atomic mass is 10.1. The summed E-state index contributed by atoms with van der Waals surface area (Å²) in [5, 5.41) is 12.3. The minimum Gasteiger partial charge on any atom is -0.508 e. The van der Waals surface area contributed by atoms with Crippen LogP contribution in [-0.4, -0.2) is 30.5 Å². The second-order valence-electron chi connectivity index (χ2n) is 9.56. The molecule has 3 aromatic heterocycles. The summed E-state index contributed by atoms with van der Waals surface area (Å²) in [6, 6.07) is 18.4. The lowest BCUT2D eigenvalue weighted by Gasteiger charge is -2.13. The molecule has 0 saturated carbocycles. The molecule has 3 N–H and O–H groups in total. The Balaban J connectivity index is 1.30. The highest BCUT2D eigenvalue weighted by Gasteiger charge is 2.20. The molecule has 3 heterocycles. The van der Waals surface area contributed by atoms with Crippen molar-refractivity contribution in [1.82, 2.24) is 19.5 Å². The third-order valence-corrected chi connectivity index (χ3v) is 6.73. The standard InChI is InChI=1S/C32H23F2N5O4/c1-2-27-37-28-29(24(17-35-30(28)38-27)18-5-12-22(40)13-6-18)43-26-14-9-20(16-25(26)34)36-31(41)23-4-3-15-39(32(23)42)21-10-7-19(33)8-11-21/h3-17,40H,2H2,1H3,(H,36,41)(H,35,37,38). The quantitative estimate of drug-likeness (QED) is 0.202. The number of phenolic OH excluding ortho intramolecular Hbond substituents is 1. The fraction of sp³-hybridized carbons (Fsp3) is 0.0625. The molecule has 0 spiro atoms. The van der Waals surface area contributed by atoms with E-state index in [0.717, 1.165) is 6.07 Å². The molecule has 0 saturated heterocycles. The van der Waals surface area contributed by atoms with Crippen LogP contribution in [0, 0.1) is 11.6 Å². The summed E-state index contributed by atoms with van der Waals surface area (Å²) in [7, 11) is 0. The number of aromatic amines is 1. The van der Waals surface area contributed by atoms with Gasteiger partial charge in [-0.2, -0.15) is 0 Å². The van der Waals surface area contributed by atoms with Crippen molar-refractivity contribution in [3.63, 3.8) is 0 Å². The van der Waals surface area contributed by atoms with Gasteiger partial charge in [-0.15, -0.1) is 0 Å². The number of carbonyl (C=O) groups is 1. The number of nitrogens with zero attached hydrogens (tertiary/aromatic N) is 3. The van der Waals surface area contributed by atoms with Gasteiger partial charge in [0.2, 0.25) is 0 Å². The van der Waals surface area contributed by atoms with Gasteiger partial charge in [0.1, 0.15) is 23.0 Å². The summed E-state index contributed by atoms with van der Waals surface area (Å²) in [5.41, 5.74) is 1.73. The van der Waals surface area contributed by atoms with E-state index in [1.165, 1.54) is 71.4 Å². The Bertz CT molecular complexity index is 2040. The molecular weight excluding hydrogens is 556 g/mol.